The number of nitrogens with one attached hydrogen (secondary N) is 2. The van der Waals surface area contributed by atoms with E-state index in [1.807, 2.05) is 14.0 Å². The number of ether oxygens (including phenoxy) is 1. The summed E-state index contributed by atoms with van der Waals surface area (Å²) in [6.45, 7) is 3.26. The standard InChI is InChI=1S/C15H23N3O4S/c1-10-9-18(3)15(19)12-7-11(17-23(4,20)21)5-6-13(12)22-14(10)8-16-2/h5-7,10,14,16-17H,8-9H2,1-4H3/t10-,14+/m1/s1. The van der Waals surface area contributed by atoms with E-state index in [1.54, 1.807) is 24.1 Å². The molecule has 1 aliphatic rings. The minimum Gasteiger partial charge on any atom is -0.488 e. The SMILES string of the molecule is CNC[C@@H]1Oc2ccc(NS(C)(=O)=O)cc2C(=O)N(C)C[C@H]1C. The van der Waals surface area contributed by atoms with Crippen molar-refractivity contribution in [2.24, 2.45) is 5.92 Å². The van der Waals surface area contributed by atoms with Gasteiger partial charge in [-0.2, -0.15) is 0 Å². The number of hydrogen-bond acceptors (Lipinski definition) is 5. The van der Waals surface area contributed by atoms with Crippen molar-refractivity contribution in [3.05, 3.63) is 23.8 Å². The molecule has 1 heterocycles. The third-order valence-electron chi connectivity index (χ3n) is 3.74. The van der Waals surface area contributed by atoms with E-state index in [0.29, 0.717) is 30.1 Å². The Morgan fingerprint density at radius 3 is 2.70 bits per heavy atom. The van der Waals surface area contributed by atoms with Gasteiger partial charge in [-0.1, -0.05) is 6.92 Å². The summed E-state index contributed by atoms with van der Waals surface area (Å²) in [6.07, 6.45) is 0.988. The van der Waals surface area contributed by atoms with Gasteiger partial charge < -0.3 is 15.0 Å². The van der Waals surface area contributed by atoms with Crippen molar-refractivity contribution >= 4 is 21.6 Å². The summed E-state index contributed by atoms with van der Waals surface area (Å²) in [5, 5.41) is 3.10. The maximum atomic E-state index is 12.6. The van der Waals surface area contributed by atoms with Gasteiger partial charge in [-0.05, 0) is 25.2 Å². The summed E-state index contributed by atoms with van der Waals surface area (Å²) in [6, 6.07) is 4.74. The van der Waals surface area contributed by atoms with Gasteiger partial charge in [0.2, 0.25) is 10.0 Å². The van der Waals surface area contributed by atoms with Gasteiger partial charge in [0.15, 0.2) is 0 Å². The average molecular weight is 341 g/mol. The molecule has 2 atom stereocenters. The van der Waals surface area contributed by atoms with Gasteiger partial charge in [0.05, 0.1) is 11.8 Å². The van der Waals surface area contributed by atoms with Crippen LogP contribution in [0.4, 0.5) is 5.69 Å². The highest BCUT2D eigenvalue weighted by molar-refractivity contribution is 7.92. The van der Waals surface area contributed by atoms with E-state index in [0.717, 1.165) is 6.26 Å². The summed E-state index contributed by atoms with van der Waals surface area (Å²) < 4.78 is 31.1. The van der Waals surface area contributed by atoms with Gasteiger partial charge in [-0.25, -0.2) is 8.42 Å². The number of rotatable bonds is 4. The zero-order valence-corrected chi connectivity index (χ0v) is 14.6. The minimum absolute atomic E-state index is 0.0805. The lowest BCUT2D eigenvalue weighted by Gasteiger charge is -2.32. The van der Waals surface area contributed by atoms with Gasteiger partial charge in [0, 0.05) is 31.7 Å². The first-order valence-corrected chi connectivity index (χ1v) is 9.29. The van der Waals surface area contributed by atoms with Crippen LogP contribution < -0.4 is 14.8 Å². The van der Waals surface area contributed by atoms with Crippen molar-refractivity contribution in [3.8, 4) is 5.75 Å². The lowest BCUT2D eigenvalue weighted by Crippen LogP contribution is -2.44. The Labute approximate surface area is 137 Å². The van der Waals surface area contributed by atoms with E-state index in [-0.39, 0.29) is 17.9 Å². The van der Waals surface area contributed by atoms with Crippen molar-refractivity contribution in [1.29, 1.82) is 0 Å². The molecule has 0 radical (unpaired) electrons. The second-order valence-corrected chi connectivity index (χ2v) is 7.71. The molecule has 0 fully saturated rings. The number of sulfonamides is 1. The van der Waals surface area contributed by atoms with Crippen LogP contribution in [0, 0.1) is 5.92 Å². The molecule has 0 saturated carbocycles. The quantitative estimate of drug-likeness (QED) is 0.844. The normalized spacial score (nSPS) is 21.9. The summed E-state index contributed by atoms with van der Waals surface area (Å²) >= 11 is 0. The van der Waals surface area contributed by atoms with Gasteiger partial charge in [-0.3, -0.25) is 9.52 Å². The summed E-state index contributed by atoms with van der Waals surface area (Å²) in [5.41, 5.74) is 0.699. The van der Waals surface area contributed by atoms with Gasteiger partial charge in [-0.15, -0.1) is 0 Å². The molecule has 7 nitrogen and oxygen atoms in total. The molecule has 0 aromatic heterocycles. The topological polar surface area (TPSA) is 87.7 Å². The monoisotopic (exact) mass is 341 g/mol. The number of amides is 1. The first-order valence-electron chi connectivity index (χ1n) is 7.40. The molecule has 1 amide bonds. The van der Waals surface area contributed by atoms with Crippen LogP contribution in [0.15, 0.2) is 18.2 Å². The molecule has 0 saturated heterocycles. The van der Waals surface area contributed by atoms with E-state index in [2.05, 4.69) is 10.0 Å². The van der Waals surface area contributed by atoms with Crippen LogP contribution in [0.5, 0.6) is 5.75 Å². The summed E-state index contributed by atoms with van der Waals surface area (Å²) in [5.74, 6) is 0.443. The lowest BCUT2D eigenvalue weighted by atomic mass is 10.0. The predicted molar refractivity (Wildman–Crippen MR) is 89.4 cm³/mol. The third-order valence-corrected chi connectivity index (χ3v) is 4.35. The van der Waals surface area contributed by atoms with Crippen LogP contribution in [0.2, 0.25) is 0 Å². The van der Waals surface area contributed by atoms with Crippen LogP contribution in [-0.4, -0.2) is 58.8 Å². The van der Waals surface area contributed by atoms with Crippen LogP contribution >= 0.6 is 0 Å². The van der Waals surface area contributed by atoms with Crippen molar-refractivity contribution < 1.29 is 17.9 Å². The number of anilines is 1. The first kappa shape index (κ1) is 17.6. The van der Waals surface area contributed by atoms with Crippen molar-refractivity contribution in [3.63, 3.8) is 0 Å². The summed E-state index contributed by atoms with van der Waals surface area (Å²) in [4.78, 5) is 14.2. The Morgan fingerprint density at radius 2 is 2.09 bits per heavy atom. The molecule has 128 valence electrons. The largest absolute Gasteiger partial charge is 0.488 e. The van der Waals surface area contributed by atoms with Crippen molar-refractivity contribution in [1.82, 2.24) is 10.2 Å². The van der Waals surface area contributed by atoms with E-state index in [9.17, 15) is 13.2 Å². The Balaban J connectivity index is 2.42. The molecule has 23 heavy (non-hydrogen) atoms. The van der Waals surface area contributed by atoms with E-state index >= 15 is 0 Å². The van der Waals surface area contributed by atoms with Gasteiger partial charge in [0.25, 0.3) is 5.91 Å². The van der Waals surface area contributed by atoms with Gasteiger partial charge in [0.1, 0.15) is 11.9 Å². The molecule has 0 unspecified atom stereocenters. The van der Waals surface area contributed by atoms with E-state index < -0.39 is 10.0 Å². The smallest absolute Gasteiger partial charge is 0.257 e. The first-order chi connectivity index (χ1) is 10.7. The Bertz CT molecular complexity index is 690. The summed E-state index contributed by atoms with van der Waals surface area (Å²) in [7, 11) is 0.183. The molecule has 0 spiro atoms. The number of likely N-dealkylation sites (N-methyl/N-ethyl adjacent to an activating group) is 1. The third kappa shape index (κ3) is 4.35. The molecular weight excluding hydrogens is 318 g/mol. The lowest BCUT2D eigenvalue weighted by molar-refractivity contribution is 0.0637. The average Bonchev–Trinajstić information content (AvgIpc) is 2.44. The molecule has 1 aromatic carbocycles. The molecule has 8 heteroatoms. The number of nitrogens with zero attached hydrogens (tertiary/aromatic N) is 1. The van der Waals surface area contributed by atoms with Crippen LogP contribution in [0.3, 0.4) is 0 Å². The molecule has 0 bridgehead atoms. The highest BCUT2D eigenvalue weighted by Crippen LogP contribution is 2.29. The fourth-order valence-electron chi connectivity index (χ4n) is 2.64. The molecule has 2 rings (SSSR count). The zero-order chi connectivity index (χ0) is 17.2. The van der Waals surface area contributed by atoms with E-state index in [1.165, 1.54) is 6.07 Å². The fourth-order valence-corrected chi connectivity index (χ4v) is 3.19. The number of benzene rings is 1. The fraction of sp³-hybridized carbons (Fsp3) is 0.533. The van der Waals surface area contributed by atoms with Crippen molar-refractivity contribution in [2.75, 3.05) is 38.2 Å². The van der Waals surface area contributed by atoms with Crippen LogP contribution in [-0.2, 0) is 10.0 Å². The highest BCUT2D eigenvalue weighted by atomic mass is 32.2. The Kier molecular flexibility index (Phi) is 5.16. The molecule has 2 N–H and O–H groups in total. The van der Waals surface area contributed by atoms with Crippen LogP contribution in [0.1, 0.15) is 17.3 Å². The maximum absolute atomic E-state index is 12.6. The molecule has 1 aliphatic heterocycles. The van der Waals surface area contributed by atoms with Gasteiger partial charge >= 0.3 is 0 Å². The number of fused-ring (bicyclic) bond motifs is 1. The maximum Gasteiger partial charge on any atom is 0.257 e. The Hall–Kier alpha value is -1.80. The van der Waals surface area contributed by atoms with Crippen molar-refractivity contribution in [2.45, 2.75) is 13.0 Å². The molecule has 0 aliphatic carbocycles. The number of carbonyl (C=O) groups is 1. The van der Waals surface area contributed by atoms with E-state index in [4.69, 9.17) is 4.74 Å². The second kappa shape index (κ2) is 6.76. The highest BCUT2D eigenvalue weighted by Gasteiger charge is 2.29. The number of hydrogen-bond donors (Lipinski definition) is 2. The minimum atomic E-state index is -3.40. The molecule has 1 aromatic rings. The molecular formula is C15H23N3O4S. The Morgan fingerprint density at radius 1 is 1.39 bits per heavy atom. The van der Waals surface area contributed by atoms with Crippen LogP contribution in [0.25, 0.3) is 0 Å². The second-order valence-electron chi connectivity index (χ2n) is 5.96. The predicted octanol–water partition coefficient (Wildman–Crippen LogP) is 0.747. The number of carbonyl (C=O) groups excluding carboxylic acids is 1. The zero-order valence-electron chi connectivity index (χ0n) is 13.8.